The molecule has 5 heteroatoms. The second-order valence-corrected chi connectivity index (χ2v) is 8.23. The molecular weight excluding hydrogens is 362 g/mol. The molecule has 2 N–H and O–H groups in total. The van der Waals surface area contributed by atoms with Gasteiger partial charge in [-0.1, -0.05) is 76.8 Å². The number of carbonyl (C=O) groups excluding carboxylic acids is 2. The van der Waals surface area contributed by atoms with Gasteiger partial charge < -0.3 is 0 Å². The van der Waals surface area contributed by atoms with Gasteiger partial charge in [-0.2, -0.15) is 5.26 Å². The molecule has 0 aliphatic heterocycles. The molecule has 5 nitrogen and oxygen atoms in total. The molecule has 2 amide bonds. The number of hydrogen-bond donors (Lipinski definition) is 2. The lowest BCUT2D eigenvalue weighted by atomic mass is 10.0. The predicted molar refractivity (Wildman–Crippen MR) is 115 cm³/mol. The fourth-order valence-electron chi connectivity index (χ4n) is 3.50. The van der Waals surface area contributed by atoms with Crippen LogP contribution in [0.2, 0.25) is 0 Å². The lowest BCUT2D eigenvalue weighted by molar-refractivity contribution is -0.125. The third-order valence-corrected chi connectivity index (χ3v) is 5.70. The highest BCUT2D eigenvalue weighted by atomic mass is 16.2. The molecule has 0 bridgehead atoms. The van der Waals surface area contributed by atoms with Crippen molar-refractivity contribution in [2.24, 2.45) is 5.41 Å². The van der Waals surface area contributed by atoms with Gasteiger partial charge in [-0.15, -0.1) is 0 Å². The summed E-state index contributed by atoms with van der Waals surface area (Å²) in [5, 5.41) is 9.02. The van der Waals surface area contributed by atoms with Gasteiger partial charge in [-0.25, -0.2) is 0 Å². The van der Waals surface area contributed by atoms with Gasteiger partial charge in [0.25, 0.3) is 11.8 Å². The van der Waals surface area contributed by atoms with Crippen LogP contribution in [0.4, 0.5) is 0 Å². The molecule has 0 aromatic heterocycles. The fourth-order valence-corrected chi connectivity index (χ4v) is 3.50. The van der Waals surface area contributed by atoms with Gasteiger partial charge in [0, 0.05) is 5.56 Å². The van der Waals surface area contributed by atoms with Crippen molar-refractivity contribution in [3.63, 3.8) is 0 Å². The summed E-state index contributed by atoms with van der Waals surface area (Å²) in [5.74, 6) is -0.771. The SMILES string of the molecule is CCCCCCCCCCCCc1cccc(C(=O)NNC(=O)C2(C#N)CC2)c1. The standard InChI is InChI=1S/C24H35N3O2/c1-2-3-4-5-6-7-8-9-10-11-13-20-14-12-15-21(18-20)22(28)26-27-23(29)24(19-25)16-17-24/h12,14-15,18H,2-11,13,16-17H2,1H3,(H,26,28)(H,27,29). The average molecular weight is 398 g/mol. The van der Waals surface area contributed by atoms with Crippen molar-refractivity contribution in [2.75, 3.05) is 0 Å². The van der Waals surface area contributed by atoms with Crippen LogP contribution in [0.25, 0.3) is 0 Å². The zero-order valence-electron chi connectivity index (χ0n) is 17.8. The molecule has 2 rings (SSSR count). The smallest absolute Gasteiger partial charge is 0.269 e. The fraction of sp³-hybridized carbons (Fsp3) is 0.625. The highest BCUT2D eigenvalue weighted by Gasteiger charge is 2.50. The Labute approximate surface area is 175 Å². The monoisotopic (exact) mass is 397 g/mol. The number of unbranched alkanes of at least 4 members (excludes halogenated alkanes) is 9. The molecule has 0 heterocycles. The van der Waals surface area contributed by atoms with Crippen LogP contribution in [0.15, 0.2) is 24.3 Å². The number of aryl methyl sites for hydroxylation is 1. The van der Waals surface area contributed by atoms with Gasteiger partial charge in [-0.05, 0) is 43.4 Å². The van der Waals surface area contributed by atoms with E-state index in [0.29, 0.717) is 18.4 Å². The second kappa shape index (κ2) is 12.3. The first-order chi connectivity index (χ1) is 14.1. The van der Waals surface area contributed by atoms with Gasteiger partial charge in [-0.3, -0.25) is 20.4 Å². The third-order valence-electron chi connectivity index (χ3n) is 5.70. The normalized spacial score (nSPS) is 14.1. The molecule has 1 aromatic rings. The summed E-state index contributed by atoms with van der Waals surface area (Å²) >= 11 is 0. The summed E-state index contributed by atoms with van der Waals surface area (Å²) in [7, 11) is 0. The van der Waals surface area contributed by atoms with Crippen molar-refractivity contribution in [2.45, 2.75) is 90.4 Å². The predicted octanol–water partition coefficient (Wildman–Crippen LogP) is 5.21. The minimum atomic E-state index is -0.940. The minimum absolute atomic E-state index is 0.350. The van der Waals surface area contributed by atoms with Crippen LogP contribution in [0.1, 0.15) is 99.9 Å². The summed E-state index contributed by atoms with van der Waals surface area (Å²) in [6, 6.07) is 9.55. The average Bonchev–Trinajstić information content (AvgIpc) is 3.55. The number of hydrogen-bond acceptors (Lipinski definition) is 3. The minimum Gasteiger partial charge on any atom is -0.271 e. The van der Waals surface area contributed by atoms with Crippen molar-refractivity contribution in [3.8, 4) is 6.07 Å². The van der Waals surface area contributed by atoms with Gasteiger partial charge in [0.1, 0.15) is 5.41 Å². The lowest BCUT2D eigenvalue weighted by Crippen LogP contribution is -2.45. The van der Waals surface area contributed by atoms with E-state index in [4.69, 9.17) is 5.26 Å². The van der Waals surface area contributed by atoms with Crippen molar-refractivity contribution in [1.82, 2.24) is 10.9 Å². The topological polar surface area (TPSA) is 82.0 Å². The van der Waals surface area contributed by atoms with Gasteiger partial charge in [0.2, 0.25) is 0 Å². The maximum absolute atomic E-state index is 12.3. The largest absolute Gasteiger partial charge is 0.271 e. The van der Waals surface area contributed by atoms with E-state index < -0.39 is 11.3 Å². The first-order valence-electron chi connectivity index (χ1n) is 11.2. The van der Waals surface area contributed by atoms with E-state index in [-0.39, 0.29) is 5.91 Å². The molecule has 158 valence electrons. The molecule has 0 unspecified atom stereocenters. The number of carbonyl (C=O) groups is 2. The Kier molecular flexibility index (Phi) is 9.70. The van der Waals surface area contributed by atoms with E-state index in [9.17, 15) is 9.59 Å². The van der Waals surface area contributed by atoms with Crippen molar-refractivity contribution in [1.29, 1.82) is 5.26 Å². The zero-order chi connectivity index (χ0) is 21.0. The first-order valence-corrected chi connectivity index (χ1v) is 11.2. The molecule has 1 aliphatic rings. The Bertz CT molecular complexity index is 704. The lowest BCUT2D eigenvalue weighted by Gasteiger charge is -2.10. The molecule has 1 aromatic carbocycles. The van der Waals surface area contributed by atoms with Gasteiger partial charge in [0.15, 0.2) is 0 Å². The Hall–Kier alpha value is -2.35. The van der Waals surface area contributed by atoms with Gasteiger partial charge >= 0.3 is 0 Å². The molecule has 1 fully saturated rings. The summed E-state index contributed by atoms with van der Waals surface area (Å²) in [5.41, 5.74) is 5.53. The molecule has 1 aliphatic carbocycles. The number of rotatable bonds is 13. The van der Waals surface area contributed by atoms with Crippen molar-refractivity contribution in [3.05, 3.63) is 35.4 Å². The molecule has 29 heavy (non-hydrogen) atoms. The Morgan fingerprint density at radius 1 is 0.966 bits per heavy atom. The van der Waals surface area contributed by atoms with E-state index in [0.717, 1.165) is 18.4 Å². The molecule has 1 saturated carbocycles. The van der Waals surface area contributed by atoms with E-state index in [1.165, 1.54) is 57.8 Å². The highest BCUT2D eigenvalue weighted by Crippen LogP contribution is 2.44. The van der Waals surface area contributed by atoms with E-state index in [1.807, 2.05) is 24.3 Å². The van der Waals surface area contributed by atoms with E-state index >= 15 is 0 Å². The zero-order valence-corrected chi connectivity index (χ0v) is 17.8. The van der Waals surface area contributed by atoms with Crippen molar-refractivity contribution < 1.29 is 9.59 Å². The third kappa shape index (κ3) is 7.89. The number of nitrogens with one attached hydrogen (secondary N) is 2. The summed E-state index contributed by atoms with van der Waals surface area (Å²) in [6.07, 6.45) is 15.1. The molecular formula is C24H35N3O2. The van der Waals surface area contributed by atoms with E-state index in [1.54, 1.807) is 6.07 Å². The number of benzene rings is 1. The molecule has 0 spiro atoms. The Morgan fingerprint density at radius 2 is 1.59 bits per heavy atom. The summed E-state index contributed by atoms with van der Waals surface area (Å²) in [6.45, 7) is 2.25. The van der Waals surface area contributed by atoms with Crippen LogP contribution in [-0.2, 0) is 11.2 Å². The van der Waals surface area contributed by atoms with Crippen LogP contribution >= 0.6 is 0 Å². The summed E-state index contributed by atoms with van der Waals surface area (Å²) < 4.78 is 0. The molecule has 0 radical (unpaired) electrons. The number of nitrogens with zero attached hydrogens (tertiary/aromatic N) is 1. The number of nitriles is 1. The molecule has 0 saturated heterocycles. The maximum Gasteiger partial charge on any atom is 0.269 e. The maximum atomic E-state index is 12.3. The van der Waals surface area contributed by atoms with E-state index in [2.05, 4.69) is 17.8 Å². The Balaban J connectivity index is 1.61. The van der Waals surface area contributed by atoms with Crippen LogP contribution in [0.3, 0.4) is 0 Å². The second-order valence-electron chi connectivity index (χ2n) is 8.23. The van der Waals surface area contributed by atoms with Crippen LogP contribution in [-0.4, -0.2) is 11.8 Å². The van der Waals surface area contributed by atoms with Gasteiger partial charge in [0.05, 0.1) is 6.07 Å². The van der Waals surface area contributed by atoms with Crippen LogP contribution < -0.4 is 10.9 Å². The van der Waals surface area contributed by atoms with Crippen LogP contribution in [0.5, 0.6) is 0 Å². The van der Waals surface area contributed by atoms with Crippen LogP contribution in [0, 0.1) is 16.7 Å². The number of amides is 2. The summed E-state index contributed by atoms with van der Waals surface area (Å²) in [4.78, 5) is 24.2. The highest BCUT2D eigenvalue weighted by molar-refractivity contribution is 5.97. The Morgan fingerprint density at radius 3 is 2.17 bits per heavy atom. The van der Waals surface area contributed by atoms with Crippen molar-refractivity contribution >= 4 is 11.8 Å². The number of hydrazine groups is 1. The first kappa shape index (κ1) is 22.9. The molecule has 0 atom stereocenters. The quantitative estimate of drug-likeness (QED) is 0.354.